The lowest BCUT2D eigenvalue weighted by Gasteiger charge is -2.44. The standard InChI is InChI=1S/C15H22N2/c1-10(2)13-11(3)12(4)17-9-7-8-15(5,6)14(17)16-13/h1,4,7-9H2,2-3,5-6H3. The molecule has 0 saturated carbocycles. The van der Waals surface area contributed by atoms with E-state index in [0.717, 1.165) is 29.3 Å². The van der Waals surface area contributed by atoms with Crippen LogP contribution in [-0.2, 0) is 0 Å². The number of amidine groups is 1. The molecule has 0 amide bonds. The van der Waals surface area contributed by atoms with Crippen LogP contribution in [0.5, 0.6) is 0 Å². The van der Waals surface area contributed by atoms with E-state index in [9.17, 15) is 0 Å². The topological polar surface area (TPSA) is 15.6 Å². The predicted octanol–water partition coefficient (Wildman–Crippen LogP) is 3.88. The van der Waals surface area contributed by atoms with E-state index in [1.54, 1.807) is 0 Å². The third kappa shape index (κ3) is 1.86. The number of rotatable bonds is 1. The number of allylic oxidation sites excluding steroid dienone is 2. The summed E-state index contributed by atoms with van der Waals surface area (Å²) in [5.74, 6) is 1.16. The highest BCUT2D eigenvalue weighted by atomic mass is 15.2. The van der Waals surface area contributed by atoms with E-state index >= 15 is 0 Å². The minimum Gasteiger partial charge on any atom is -0.330 e. The maximum Gasteiger partial charge on any atom is 0.115 e. The summed E-state index contributed by atoms with van der Waals surface area (Å²) in [5, 5.41) is 0. The molecule has 0 aliphatic carbocycles. The van der Waals surface area contributed by atoms with E-state index in [-0.39, 0.29) is 5.41 Å². The van der Waals surface area contributed by atoms with Crippen LogP contribution < -0.4 is 0 Å². The smallest absolute Gasteiger partial charge is 0.115 e. The van der Waals surface area contributed by atoms with Crippen molar-refractivity contribution in [2.75, 3.05) is 6.54 Å². The number of piperidine rings is 1. The summed E-state index contributed by atoms with van der Waals surface area (Å²) in [6, 6.07) is 0. The second-order valence-corrected chi connectivity index (χ2v) is 5.78. The Morgan fingerprint density at radius 2 is 2.06 bits per heavy atom. The molecule has 0 N–H and O–H groups in total. The highest BCUT2D eigenvalue weighted by Crippen LogP contribution is 2.39. The Labute approximate surface area is 104 Å². The fourth-order valence-electron chi connectivity index (χ4n) is 2.68. The highest BCUT2D eigenvalue weighted by molar-refractivity contribution is 5.92. The van der Waals surface area contributed by atoms with Gasteiger partial charge in [0.05, 0.1) is 5.70 Å². The van der Waals surface area contributed by atoms with E-state index in [2.05, 4.69) is 38.8 Å². The van der Waals surface area contributed by atoms with Crippen molar-refractivity contribution in [3.05, 3.63) is 35.7 Å². The molecule has 1 fully saturated rings. The molecule has 0 aromatic heterocycles. The summed E-state index contributed by atoms with van der Waals surface area (Å²) in [7, 11) is 0. The van der Waals surface area contributed by atoms with Crippen LogP contribution >= 0.6 is 0 Å². The van der Waals surface area contributed by atoms with Gasteiger partial charge in [0.15, 0.2) is 0 Å². The van der Waals surface area contributed by atoms with E-state index < -0.39 is 0 Å². The first-order valence-corrected chi connectivity index (χ1v) is 6.27. The van der Waals surface area contributed by atoms with Crippen LogP contribution in [0.4, 0.5) is 0 Å². The summed E-state index contributed by atoms with van der Waals surface area (Å²) in [4.78, 5) is 7.13. The minimum atomic E-state index is 0.141. The van der Waals surface area contributed by atoms with Crippen LogP contribution in [-0.4, -0.2) is 17.3 Å². The van der Waals surface area contributed by atoms with Gasteiger partial charge in [0.2, 0.25) is 0 Å². The maximum absolute atomic E-state index is 4.85. The number of hydrogen-bond donors (Lipinski definition) is 0. The Hall–Kier alpha value is -1.31. The van der Waals surface area contributed by atoms with Gasteiger partial charge < -0.3 is 4.90 Å². The largest absolute Gasteiger partial charge is 0.330 e. The SMILES string of the molecule is C=C(C)C1=C(C)C(=C)N2CCCC(C)(C)C2=N1. The molecule has 2 aliphatic heterocycles. The van der Waals surface area contributed by atoms with Gasteiger partial charge in [-0.25, -0.2) is 4.99 Å². The first-order valence-electron chi connectivity index (χ1n) is 6.27. The van der Waals surface area contributed by atoms with Gasteiger partial charge in [-0.05, 0) is 37.8 Å². The highest BCUT2D eigenvalue weighted by Gasteiger charge is 2.37. The van der Waals surface area contributed by atoms with Crippen LogP contribution in [0.3, 0.4) is 0 Å². The normalized spacial score (nSPS) is 23.4. The molecule has 0 bridgehead atoms. The van der Waals surface area contributed by atoms with Gasteiger partial charge in [0.1, 0.15) is 5.84 Å². The number of nitrogens with zero attached hydrogens (tertiary/aromatic N) is 2. The summed E-state index contributed by atoms with van der Waals surface area (Å²) in [6.45, 7) is 17.9. The molecule has 2 heterocycles. The number of fused-ring (bicyclic) bond motifs is 1. The second-order valence-electron chi connectivity index (χ2n) is 5.78. The van der Waals surface area contributed by atoms with Gasteiger partial charge in [0.25, 0.3) is 0 Å². The van der Waals surface area contributed by atoms with Crippen molar-refractivity contribution in [1.82, 2.24) is 4.90 Å². The summed E-state index contributed by atoms with van der Waals surface area (Å²) in [5.41, 5.74) is 4.45. The molecular formula is C15H22N2. The molecule has 2 rings (SSSR count). The Morgan fingerprint density at radius 3 is 2.65 bits per heavy atom. The van der Waals surface area contributed by atoms with Crippen LogP contribution in [0, 0.1) is 5.41 Å². The average molecular weight is 230 g/mol. The predicted molar refractivity (Wildman–Crippen MR) is 73.8 cm³/mol. The Balaban J connectivity index is 2.54. The lowest BCUT2D eigenvalue weighted by atomic mass is 9.81. The average Bonchev–Trinajstić information content (AvgIpc) is 2.22. The Bertz CT molecular complexity index is 450. The van der Waals surface area contributed by atoms with Gasteiger partial charge in [-0.15, -0.1) is 0 Å². The molecule has 0 aromatic rings. The molecule has 0 spiro atoms. The first kappa shape index (κ1) is 12.2. The first-order chi connectivity index (χ1) is 7.84. The van der Waals surface area contributed by atoms with Crippen molar-refractivity contribution in [2.24, 2.45) is 10.4 Å². The summed E-state index contributed by atoms with van der Waals surface area (Å²) < 4.78 is 0. The molecule has 0 atom stereocenters. The van der Waals surface area contributed by atoms with Gasteiger partial charge in [-0.2, -0.15) is 0 Å². The van der Waals surface area contributed by atoms with E-state index in [1.165, 1.54) is 18.4 Å². The van der Waals surface area contributed by atoms with Gasteiger partial charge in [-0.3, -0.25) is 0 Å². The molecule has 0 aromatic carbocycles. The second kappa shape index (κ2) is 3.86. The zero-order chi connectivity index (χ0) is 12.8. The molecule has 1 saturated heterocycles. The molecule has 2 nitrogen and oxygen atoms in total. The molecule has 0 radical (unpaired) electrons. The van der Waals surface area contributed by atoms with Crippen LogP contribution in [0.1, 0.15) is 40.5 Å². The lowest BCUT2D eigenvalue weighted by molar-refractivity contribution is 0.314. The van der Waals surface area contributed by atoms with E-state index in [4.69, 9.17) is 4.99 Å². The molecular weight excluding hydrogens is 208 g/mol. The maximum atomic E-state index is 4.85. The van der Waals surface area contributed by atoms with Crippen molar-refractivity contribution >= 4 is 5.84 Å². The third-order valence-corrected chi connectivity index (χ3v) is 3.78. The monoisotopic (exact) mass is 230 g/mol. The Morgan fingerprint density at radius 1 is 1.41 bits per heavy atom. The van der Waals surface area contributed by atoms with Crippen molar-refractivity contribution < 1.29 is 0 Å². The summed E-state index contributed by atoms with van der Waals surface area (Å²) >= 11 is 0. The van der Waals surface area contributed by atoms with Gasteiger partial charge >= 0.3 is 0 Å². The third-order valence-electron chi connectivity index (χ3n) is 3.78. The molecule has 17 heavy (non-hydrogen) atoms. The van der Waals surface area contributed by atoms with Crippen LogP contribution in [0.15, 0.2) is 40.7 Å². The molecule has 92 valence electrons. The number of aliphatic imine (C=N–C) groups is 1. The fourth-order valence-corrected chi connectivity index (χ4v) is 2.68. The summed E-state index contributed by atoms with van der Waals surface area (Å²) in [6.07, 6.45) is 2.40. The minimum absolute atomic E-state index is 0.141. The van der Waals surface area contributed by atoms with E-state index in [1.807, 2.05) is 6.92 Å². The van der Waals surface area contributed by atoms with Crippen molar-refractivity contribution in [2.45, 2.75) is 40.5 Å². The van der Waals surface area contributed by atoms with Crippen LogP contribution in [0.25, 0.3) is 0 Å². The van der Waals surface area contributed by atoms with Crippen molar-refractivity contribution in [3.63, 3.8) is 0 Å². The quantitative estimate of drug-likeness (QED) is 0.667. The number of hydrogen-bond acceptors (Lipinski definition) is 2. The van der Waals surface area contributed by atoms with Gasteiger partial charge in [0, 0.05) is 17.7 Å². The Kier molecular flexibility index (Phi) is 2.76. The zero-order valence-electron chi connectivity index (χ0n) is 11.4. The zero-order valence-corrected chi connectivity index (χ0v) is 11.4. The van der Waals surface area contributed by atoms with Crippen LogP contribution in [0.2, 0.25) is 0 Å². The molecule has 0 unspecified atom stereocenters. The molecule has 2 heteroatoms. The van der Waals surface area contributed by atoms with E-state index in [0.29, 0.717) is 0 Å². The van der Waals surface area contributed by atoms with Gasteiger partial charge in [-0.1, -0.05) is 27.0 Å². The van der Waals surface area contributed by atoms with Crippen molar-refractivity contribution in [3.8, 4) is 0 Å². The fraction of sp³-hybridized carbons (Fsp3) is 0.533. The lowest BCUT2D eigenvalue weighted by Crippen LogP contribution is -2.47. The van der Waals surface area contributed by atoms with Crippen molar-refractivity contribution in [1.29, 1.82) is 0 Å². The molecule has 2 aliphatic rings.